The third-order valence-electron chi connectivity index (χ3n) is 6.92. The van der Waals surface area contributed by atoms with Crippen LogP contribution in [0.4, 0.5) is 0 Å². The van der Waals surface area contributed by atoms with Crippen molar-refractivity contribution in [2.24, 2.45) is 5.92 Å². The van der Waals surface area contributed by atoms with E-state index >= 15 is 0 Å². The largest absolute Gasteiger partial charge is 0.481 e. The van der Waals surface area contributed by atoms with Gasteiger partial charge in [0.1, 0.15) is 0 Å². The molecule has 8 heteroatoms. The summed E-state index contributed by atoms with van der Waals surface area (Å²) in [6, 6.07) is 2.69. The van der Waals surface area contributed by atoms with Crippen molar-refractivity contribution >= 4 is 0 Å². The van der Waals surface area contributed by atoms with E-state index in [2.05, 4.69) is 40.7 Å². The molecular weight excluding hydrogens is 416 g/mol. The van der Waals surface area contributed by atoms with Gasteiger partial charge in [0.2, 0.25) is 5.88 Å². The Morgan fingerprint density at radius 1 is 1.21 bits per heavy atom. The van der Waals surface area contributed by atoms with Crippen molar-refractivity contribution in [1.29, 1.82) is 0 Å². The lowest BCUT2D eigenvalue weighted by molar-refractivity contribution is 0.145. The van der Waals surface area contributed by atoms with Crippen molar-refractivity contribution in [3.8, 4) is 22.8 Å². The Labute approximate surface area is 195 Å². The van der Waals surface area contributed by atoms with Gasteiger partial charge in [0.25, 0.3) is 0 Å². The molecule has 2 aliphatic rings. The van der Waals surface area contributed by atoms with Crippen molar-refractivity contribution in [2.45, 2.75) is 52.6 Å². The minimum atomic E-state index is 0.612. The molecule has 5 rings (SSSR count). The standard InChI is InChI=1S/C25H34N6O2/c1-17(2)29-8-5-19(14-29)15-30-16-20(12-27-30)24-22-6-9-33-10-7-23(22)31(28-24)21-11-18(3)25(32-4)26-13-21/h11-13,16-17,19H,5-10,14-15H2,1-4H3. The van der Waals surface area contributed by atoms with Crippen molar-refractivity contribution in [3.63, 3.8) is 0 Å². The van der Waals surface area contributed by atoms with E-state index in [9.17, 15) is 0 Å². The van der Waals surface area contributed by atoms with E-state index in [0.29, 0.717) is 31.1 Å². The van der Waals surface area contributed by atoms with Crippen molar-refractivity contribution in [3.05, 3.63) is 41.5 Å². The number of hydrogen-bond acceptors (Lipinski definition) is 6. The maximum Gasteiger partial charge on any atom is 0.216 e. The number of pyridine rings is 1. The number of aryl methyl sites for hydroxylation is 1. The topological polar surface area (TPSA) is 70.2 Å². The smallest absolute Gasteiger partial charge is 0.216 e. The quantitative estimate of drug-likeness (QED) is 0.574. The molecule has 0 spiro atoms. The van der Waals surface area contributed by atoms with Gasteiger partial charge in [0.05, 0.1) is 49.8 Å². The van der Waals surface area contributed by atoms with E-state index in [0.717, 1.165) is 48.4 Å². The van der Waals surface area contributed by atoms with E-state index in [1.54, 1.807) is 7.11 Å². The van der Waals surface area contributed by atoms with Crippen LogP contribution in [0, 0.1) is 12.8 Å². The molecule has 0 saturated carbocycles. The van der Waals surface area contributed by atoms with Gasteiger partial charge in [-0.15, -0.1) is 0 Å². The third-order valence-corrected chi connectivity index (χ3v) is 6.92. The van der Waals surface area contributed by atoms with Crippen molar-refractivity contribution in [2.75, 3.05) is 33.4 Å². The summed E-state index contributed by atoms with van der Waals surface area (Å²) in [7, 11) is 1.65. The second-order valence-corrected chi connectivity index (χ2v) is 9.51. The van der Waals surface area contributed by atoms with Gasteiger partial charge in [-0.3, -0.25) is 4.68 Å². The molecule has 1 saturated heterocycles. The molecule has 0 amide bonds. The van der Waals surface area contributed by atoms with Crippen LogP contribution in [-0.4, -0.2) is 68.9 Å². The average molecular weight is 451 g/mol. The summed E-state index contributed by atoms with van der Waals surface area (Å²) >= 11 is 0. The highest BCUT2D eigenvalue weighted by molar-refractivity contribution is 5.64. The number of aromatic nitrogens is 5. The average Bonchev–Trinajstić information content (AvgIpc) is 3.50. The number of hydrogen-bond donors (Lipinski definition) is 0. The van der Waals surface area contributed by atoms with Crippen LogP contribution in [0.3, 0.4) is 0 Å². The highest BCUT2D eigenvalue weighted by Crippen LogP contribution is 2.31. The first-order valence-electron chi connectivity index (χ1n) is 12.0. The minimum absolute atomic E-state index is 0.612. The lowest BCUT2D eigenvalue weighted by Crippen LogP contribution is -2.28. The number of nitrogens with zero attached hydrogens (tertiary/aromatic N) is 6. The molecule has 0 radical (unpaired) electrons. The molecule has 0 aromatic carbocycles. The number of rotatable bonds is 6. The van der Waals surface area contributed by atoms with E-state index in [-0.39, 0.29) is 0 Å². The Kier molecular flexibility index (Phi) is 6.21. The summed E-state index contributed by atoms with van der Waals surface area (Å²) in [5.41, 5.74) is 6.47. The van der Waals surface area contributed by atoms with E-state index in [1.807, 2.05) is 24.0 Å². The fraction of sp³-hybridized carbons (Fsp3) is 0.560. The Balaban J connectivity index is 1.45. The van der Waals surface area contributed by atoms with Crippen LogP contribution in [0.1, 0.15) is 37.1 Å². The molecule has 176 valence electrons. The summed E-state index contributed by atoms with van der Waals surface area (Å²) in [5, 5.41) is 9.78. The van der Waals surface area contributed by atoms with Gasteiger partial charge in [0.15, 0.2) is 0 Å². The van der Waals surface area contributed by atoms with Crippen LogP contribution in [0.25, 0.3) is 16.9 Å². The highest BCUT2D eigenvalue weighted by Gasteiger charge is 2.26. The second-order valence-electron chi connectivity index (χ2n) is 9.51. The van der Waals surface area contributed by atoms with Crippen molar-refractivity contribution < 1.29 is 9.47 Å². The molecule has 0 bridgehead atoms. The number of methoxy groups -OCH3 is 1. The zero-order valence-corrected chi connectivity index (χ0v) is 20.1. The molecular formula is C25H34N6O2. The van der Waals surface area contributed by atoms with Crippen LogP contribution in [0.2, 0.25) is 0 Å². The zero-order valence-electron chi connectivity index (χ0n) is 20.1. The van der Waals surface area contributed by atoms with Crippen molar-refractivity contribution in [1.82, 2.24) is 29.4 Å². The molecule has 8 nitrogen and oxygen atoms in total. The Morgan fingerprint density at radius 2 is 2.06 bits per heavy atom. The van der Waals surface area contributed by atoms with Crippen LogP contribution in [0.5, 0.6) is 5.88 Å². The summed E-state index contributed by atoms with van der Waals surface area (Å²) in [4.78, 5) is 7.03. The first kappa shape index (κ1) is 22.1. The normalized spacial score (nSPS) is 19.1. The summed E-state index contributed by atoms with van der Waals surface area (Å²) in [6.45, 7) is 11.3. The number of fused-ring (bicyclic) bond motifs is 1. The Hall–Kier alpha value is -2.71. The van der Waals surface area contributed by atoms with Crippen LogP contribution < -0.4 is 4.74 Å². The van der Waals surface area contributed by atoms with Crippen LogP contribution >= 0.6 is 0 Å². The first-order chi connectivity index (χ1) is 16.0. The molecule has 3 aromatic rings. The Morgan fingerprint density at radius 3 is 2.82 bits per heavy atom. The first-order valence-corrected chi connectivity index (χ1v) is 12.0. The van der Waals surface area contributed by atoms with Crippen LogP contribution in [0.15, 0.2) is 24.7 Å². The van der Waals surface area contributed by atoms with E-state index in [1.165, 1.54) is 24.2 Å². The van der Waals surface area contributed by atoms with Crippen LogP contribution in [-0.2, 0) is 24.1 Å². The monoisotopic (exact) mass is 450 g/mol. The molecule has 5 heterocycles. The summed E-state index contributed by atoms with van der Waals surface area (Å²) in [6.07, 6.45) is 8.87. The van der Waals surface area contributed by atoms with Gasteiger partial charge in [-0.2, -0.15) is 10.2 Å². The maximum absolute atomic E-state index is 5.80. The van der Waals surface area contributed by atoms with Gasteiger partial charge in [-0.1, -0.05) is 0 Å². The molecule has 2 aliphatic heterocycles. The van der Waals surface area contributed by atoms with Gasteiger partial charge in [-0.25, -0.2) is 9.67 Å². The molecule has 1 fully saturated rings. The lowest BCUT2D eigenvalue weighted by atomic mass is 10.0. The molecule has 33 heavy (non-hydrogen) atoms. The molecule has 0 N–H and O–H groups in total. The van der Waals surface area contributed by atoms with Gasteiger partial charge < -0.3 is 14.4 Å². The minimum Gasteiger partial charge on any atom is -0.481 e. The van der Waals surface area contributed by atoms with E-state index < -0.39 is 0 Å². The van der Waals surface area contributed by atoms with Gasteiger partial charge in [0, 0.05) is 48.4 Å². The SMILES string of the molecule is COc1ncc(-n2nc(-c3cnn(CC4CCN(C(C)C)C4)c3)c3c2CCOCC3)cc1C. The molecule has 3 aromatic heterocycles. The van der Waals surface area contributed by atoms with Gasteiger partial charge >= 0.3 is 0 Å². The van der Waals surface area contributed by atoms with Gasteiger partial charge in [-0.05, 0) is 52.1 Å². The maximum atomic E-state index is 5.80. The molecule has 0 aliphatic carbocycles. The third kappa shape index (κ3) is 4.42. The Bertz CT molecular complexity index is 1120. The predicted molar refractivity (Wildman–Crippen MR) is 127 cm³/mol. The second kappa shape index (κ2) is 9.27. The number of likely N-dealkylation sites (tertiary alicyclic amines) is 1. The molecule has 1 unspecified atom stereocenters. The highest BCUT2D eigenvalue weighted by atomic mass is 16.5. The zero-order chi connectivity index (χ0) is 22.9. The van der Waals surface area contributed by atoms with E-state index in [4.69, 9.17) is 19.7 Å². The fourth-order valence-electron chi connectivity index (χ4n) is 5.10. The molecule has 1 atom stereocenters. The summed E-state index contributed by atoms with van der Waals surface area (Å²) in [5.74, 6) is 1.29. The number of ether oxygens (including phenoxy) is 2. The lowest BCUT2D eigenvalue weighted by Gasteiger charge is -2.20. The summed E-state index contributed by atoms with van der Waals surface area (Å²) < 4.78 is 15.3. The fourth-order valence-corrected chi connectivity index (χ4v) is 5.10. The predicted octanol–water partition coefficient (Wildman–Crippen LogP) is 3.29.